The fourth-order valence-electron chi connectivity index (χ4n) is 2.98. The molecule has 7 nitrogen and oxygen atoms in total. The van der Waals surface area contributed by atoms with E-state index in [9.17, 15) is 13.5 Å². The summed E-state index contributed by atoms with van der Waals surface area (Å²) >= 11 is 0. The predicted molar refractivity (Wildman–Crippen MR) is 104 cm³/mol. The molecule has 0 bridgehead atoms. The average Bonchev–Trinajstić information content (AvgIpc) is 3.05. The van der Waals surface area contributed by atoms with Gasteiger partial charge in [-0.15, -0.1) is 0 Å². The minimum Gasteiger partial charge on any atom is -0.394 e. The quantitative estimate of drug-likeness (QED) is 0.591. The van der Waals surface area contributed by atoms with Gasteiger partial charge in [0.1, 0.15) is 0 Å². The molecule has 150 valence electrons. The average molecular weight is 396 g/mol. The molecule has 0 spiro atoms. The van der Waals surface area contributed by atoms with E-state index < -0.39 is 15.9 Å². The molecule has 0 saturated carbocycles. The normalized spacial score (nSPS) is 13.2. The highest BCUT2D eigenvalue weighted by molar-refractivity contribution is 7.91. The Morgan fingerprint density at radius 1 is 1.26 bits per heavy atom. The number of rotatable bonds is 11. The molecule has 1 unspecified atom stereocenters. The first-order valence-corrected chi connectivity index (χ1v) is 10.8. The lowest BCUT2D eigenvalue weighted by molar-refractivity contribution is 0.0641. The first-order valence-electron chi connectivity index (χ1n) is 9.16. The second kappa shape index (κ2) is 9.98. The van der Waals surface area contributed by atoms with Crippen molar-refractivity contribution in [2.45, 2.75) is 44.1 Å². The van der Waals surface area contributed by atoms with Crippen LogP contribution in [-0.4, -0.2) is 65.1 Å². The molecule has 8 heteroatoms. The van der Waals surface area contributed by atoms with Gasteiger partial charge in [0.25, 0.3) is 0 Å². The molecular formula is C19H29N3O4S. The molecule has 1 aromatic heterocycles. The summed E-state index contributed by atoms with van der Waals surface area (Å²) in [7, 11) is -1.61. The number of benzene rings is 1. The zero-order chi connectivity index (χ0) is 19.9. The maximum absolute atomic E-state index is 12.4. The summed E-state index contributed by atoms with van der Waals surface area (Å²) in [6.07, 6.45) is 2.40. The van der Waals surface area contributed by atoms with E-state index in [1.807, 2.05) is 30.1 Å². The van der Waals surface area contributed by atoms with Crippen LogP contribution in [0.4, 0.5) is 0 Å². The van der Waals surface area contributed by atoms with Gasteiger partial charge in [-0.3, -0.25) is 4.90 Å². The molecule has 2 N–H and O–H groups in total. The predicted octanol–water partition coefficient (Wildman–Crippen LogP) is 1.09. The highest BCUT2D eigenvalue weighted by atomic mass is 32.2. The van der Waals surface area contributed by atoms with Gasteiger partial charge in [0.15, 0.2) is 0 Å². The molecule has 2 rings (SSSR count). The summed E-state index contributed by atoms with van der Waals surface area (Å²) in [5.41, 5.74) is 1.99. The van der Waals surface area contributed by atoms with Gasteiger partial charge in [-0.05, 0) is 25.5 Å². The molecule has 0 aliphatic carbocycles. The number of sulfone groups is 1. The van der Waals surface area contributed by atoms with Crippen LogP contribution in [0.15, 0.2) is 41.7 Å². The van der Waals surface area contributed by atoms with Crippen molar-refractivity contribution in [3.8, 4) is 0 Å². The van der Waals surface area contributed by atoms with Gasteiger partial charge < -0.3 is 14.8 Å². The molecule has 0 fully saturated rings. The topological polar surface area (TPSA) is 95.7 Å². The van der Waals surface area contributed by atoms with Crippen LogP contribution in [0.25, 0.3) is 0 Å². The molecule has 1 aromatic carbocycles. The van der Waals surface area contributed by atoms with Crippen molar-refractivity contribution in [2.24, 2.45) is 0 Å². The number of aliphatic hydroxyl groups is 2. The van der Waals surface area contributed by atoms with Crippen molar-refractivity contribution in [1.82, 2.24) is 14.5 Å². The summed E-state index contributed by atoms with van der Waals surface area (Å²) in [5.74, 6) is 0.00119. The maximum Gasteiger partial charge on any atom is 0.227 e. The highest BCUT2D eigenvalue weighted by Gasteiger charge is 2.22. The smallest absolute Gasteiger partial charge is 0.227 e. The minimum absolute atomic E-state index is 0.00119. The minimum atomic E-state index is -3.42. The number of aryl methyl sites for hydroxylation is 1. The molecule has 0 saturated heterocycles. The lowest BCUT2D eigenvalue weighted by Crippen LogP contribution is -2.31. The zero-order valence-corrected chi connectivity index (χ0v) is 16.8. The van der Waals surface area contributed by atoms with Gasteiger partial charge in [-0.25, -0.2) is 13.4 Å². The standard InChI is InChI=1S/C19H29N3O4S/c1-3-27(25,26)19-20-12-17(13-21(2)14-18(24)15-23)22(19)11-7-10-16-8-5-4-6-9-16/h4-6,8-9,12,18,23-24H,3,7,10-11,13-15H2,1-2H3. The monoisotopic (exact) mass is 395 g/mol. The fourth-order valence-corrected chi connectivity index (χ4v) is 4.00. The van der Waals surface area contributed by atoms with Gasteiger partial charge in [0.05, 0.1) is 30.4 Å². The Kier molecular flexibility index (Phi) is 7.97. The molecule has 1 atom stereocenters. The van der Waals surface area contributed by atoms with Crippen LogP contribution in [0.5, 0.6) is 0 Å². The van der Waals surface area contributed by atoms with Crippen molar-refractivity contribution in [2.75, 3.05) is 26.0 Å². The first kappa shape index (κ1) is 21.6. The molecule has 0 aliphatic heterocycles. The number of likely N-dealkylation sites (N-methyl/N-ethyl adjacent to an activating group) is 1. The van der Waals surface area contributed by atoms with Crippen molar-refractivity contribution in [3.05, 3.63) is 47.8 Å². The van der Waals surface area contributed by atoms with E-state index >= 15 is 0 Å². The van der Waals surface area contributed by atoms with Gasteiger partial charge in [-0.1, -0.05) is 37.3 Å². The van der Waals surface area contributed by atoms with Crippen molar-refractivity contribution in [3.63, 3.8) is 0 Å². The van der Waals surface area contributed by atoms with E-state index in [0.717, 1.165) is 18.5 Å². The van der Waals surface area contributed by atoms with Gasteiger partial charge in [0, 0.05) is 19.6 Å². The van der Waals surface area contributed by atoms with Gasteiger partial charge in [-0.2, -0.15) is 0 Å². The number of hydrogen-bond acceptors (Lipinski definition) is 6. The van der Waals surface area contributed by atoms with Crippen LogP contribution in [0.1, 0.15) is 24.6 Å². The van der Waals surface area contributed by atoms with E-state index in [0.29, 0.717) is 19.6 Å². The van der Waals surface area contributed by atoms with E-state index in [-0.39, 0.29) is 17.5 Å². The Hall–Kier alpha value is -1.74. The van der Waals surface area contributed by atoms with Crippen LogP contribution in [0.2, 0.25) is 0 Å². The summed E-state index contributed by atoms with van der Waals surface area (Å²) in [4.78, 5) is 6.01. The molecule has 27 heavy (non-hydrogen) atoms. The van der Waals surface area contributed by atoms with Crippen LogP contribution >= 0.6 is 0 Å². The lowest BCUT2D eigenvalue weighted by Gasteiger charge is -2.20. The summed E-state index contributed by atoms with van der Waals surface area (Å²) in [5, 5.41) is 18.7. The Bertz CT molecular complexity index is 806. The maximum atomic E-state index is 12.4. The van der Waals surface area contributed by atoms with Gasteiger partial charge >= 0.3 is 0 Å². The molecule has 0 amide bonds. The first-order chi connectivity index (χ1) is 12.9. The SMILES string of the molecule is CCS(=O)(=O)c1ncc(CN(C)CC(O)CO)n1CCCc1ccccc1. The number of nitrogens with zero attached hydrogens (tertiary/aromatic N) is 3. The molecular weight excluding hydrogens is 366 g/mol. The molecule has 0 radical (unpaired) electrons. The lowest BCUT2D eigenvalue weighted by atomic mass is 10.1. The number of imidazole rings is 1. The van der Waals surface area contributed by atoms with E-state index in [1.165, 1.54) is 5.56 Å². The second-order valence-corrected chi connectivity index (χ2v) is 8.88. The van der Waals surface area contributed by atoms with Crippen LogP contribution in [-0.2, 0) is 29.3 Å². The Morgan fingerprint density at radius 2 is 1.96 bits per heavy atom. The molecule has 2 aromatic rings. The Labute approximate surface area is 161 Å². The summed E-state index contributed by atoms with van der Waals surface area (Å²) < 4.78 is 26.6. The largest absolute Gasteiger partial charge is 0.394 e. The third-order valence-corrected chi connectivity index (χ3v) is 6.06. The summed E-state index contributed by atoms with van der Waals surface area (Å²) in [6.45, 7) is 2.59. The number of aromatic nitrogens is 2. The van der Waals surface area contributed by atoms with Crippen LogP contribution in [0, 0.1) is 0 Å². The van der Waals surface area contributed by atoms with E-state index in [2.05, 4.69) is 17.1 Å². The van der Waals surface area contributed by atoms with Crippen LogP contribution in [0.3, 0.4) is 0 Å². The zero-order valence-electron chi connectivity index (χ0n) is 16.0. The van der Waals surface area contributed by atoms with Crippen molar-refractivity contribution < 1.29 is 18.6 Å². The summed E-state index contributed by atoms with van der Waals surface area (Å²) in [6, 6.07) is 10.1. The number of aliphatic hydroxyl groups excluding tert-OH is 2. The third-order valence-electron chi connectivity index (χ3n) is 4.41. The van der Waals surface area contributed by atoms with Crippen LogP contribution < -0.4 is 0 Å². The van der Waals surface area contributed by atoms with Crippen molar-refractivity contribution in [1.29, 1.82) is 0 Å². The van der Waals surface area contributed by atoms with Crippen molar-refractivity contribution >= 4 is 9.84 Å². The Morgan fingerprint density at radius 3 is 2.59 bits per heavy atom. The molecule has 1 heterocycles. The molecule has 0 aliphatic rings. The Balaban J connectivity index is 2.16. The third kappa shape index (κ3) is 6.14. The van der Waals surface area contributed by atoms with Gasteiger partial charge in [0.2, 0.25) is 15.0 Å². The number of hydrogen-bond donors (Lipinski definition) is 2. The second-order valence-electron chi connectivity index (χ2n) is 6.71. The van der Waals surface area contributed by atoms with E-state index in [4.69, 9.17) is 5.11 Å². The highest BCUT2D eigenvalue weighted by Crippen LogP contribution is 2.16. The van der Waals surface area contributed by atoms with E-state index in [1.54, 1.807) is 17.7 Å². The fraction of sp³-hybridized carbons (Fsp3) is 0.526.